The SMILES string of the molecule is O=C(O)c1c(-c2ccccc2)cc2c(nc(-c3ccc4nc(-c5ccccc5)ccc4c3)n2C2CCCCC2)c1-c1ccc2ncccc2c1. The summed E-state index contributed by atoms with van der Waals surface area (Å²) >= 11 is 0. The molecule has 9 rings (SSSR count). The molecule has 0 aliphatic heterocycles. The molecule has 1 fully saturated rings. The summed E-state index contributed by atoms with van der Waals surface area (Å²) in [7, 11) is 0. The molecule has 8 aromatic rings. The molecule has 3 aromatic heterocycles. The molecule has 3 heterocycles. The fourth-order valence-electron chi connectivity index (χ4n) is 7.76. The van der Waals surface area contributed by atoms with Gasteiger partial charge in [0.2, 0.25) is 0 Å². The predicted molar refractivity (Wildman–Crippen MR) is 201 cm³/mol. The molecular weight excluding hydrogens is 617 g/mol. The Hall–Kier alpha value is -6.14. The molecule has 1 N–H and O–H groups in total. The number of aromatic nitrogens is 4. The number of carboxylic acid groups (broad SMARTS) is 1. The molecule has 1 aliphatic carbocycles. The molecule has 0 unspecified atom stereocenters. The summed E-state index contributed by atoms with van der Waals surface area (Å²) in [4.78, 5) is 28.3. The molecule has 1 aliphatic rings. The Morgan fingerprint density at radius 2 is 1.34 bits per heavy atom. The number of aromatic carboxylic acids is 1. The van der Waals surface area contributed by atoms with Gasteiger partial charge >= 0.3 is 5.97 Å². The van der Waals surface area contributed by atoms with Gasteiger partial charge in [-0.25, -0.2) is 14.8 Å². The van der Waals surface area contributed by atoms with Crippen LogP contribution in [-0.4, -0.2) is 30.6 Å². The van der Waals surface area contributed by atoms with Gasteiger partial charge in [-0.05, 0) is 78.1 Å². The summed E-state index contributed by atoms with van der Waals surface area (Å²) in [6.45, 7) is 0. The largest absolute Gasteiger partial charge is 0.478 e. The van der Waals surface area contributed by atoms with Crippen molar-refractivity contribution in [3.05, 3.63) is 139 Å². The fraction of sp³-hybridized carbons (Fsp3) is 0.136. The minimum atomic E-state index is -0.980. The van der Waals surface area contributed by atoms with Gasteiger partial charge in [0.25, 0.3) is 0 Å². The van der Waals surface area contributed by atoms with Crippen molar-refractivity contribution in [2.24, 2.45) is 0 Å². The van der Waals surface area contributed by atoms with E-state index in [1.165, 1.54) is 6.42 Å². The van der Waals surface area contributed by atoms with E-state index in [0.717, 1.165) is 86.8 Å². The van der Waals surface area contributed by atoms with Crippen LogP contribution in [0.25, 0.3) is 77.7 Å². The van der Waals surface area contributed by atoms with Crippen LogP contribution in [0.15, 0.2) is 134 Å². The van der Waals surface area contributed by atoms with Crippen molar-refractivity contribution in [2.75, 3.05) is 0 Å². The number of pyridine rings is 2. The topological polar surface area (TPSA) is 80.9 Å². The number of nitrogens with zero attached hydrogens (tertiary/aromatic N) is 4. The normalized spacial score (nSPS) is 13.7. The maximum atomic E-state index is 13.4. The molecule has 242 valence electrons. The van der Waals surface area contributed by atoms with Crippen LogP contribution < -0.4 is 0 Å². The third-order valence-electron chi connectivity index (χ3n) is 10.1. The van der Waals surface area contributed by atoms with Crippen molar-refractivity contribution >= 4 is 38.8 Å². The molecule has 0 bridgehead atoms. The molecule has 6 nitrogen and oxygen atoms in total. The molecule has 50 heavy (non-hydrogen) atoms. The zero-order valence-electron chi connectivity index (χ0n) is 27.5. The molecule has 0 saturated heterocycles. The van der Waals surface area contributed by atoms with Crippen molar-refractivity contribution < 1.29 is 9.90 Å². The van der Waals surface area contributed by atoms with Gasteiger partial charge in [-0.2, -0.15) is 0 Å². The molecule has 0 atom stereocenters. The Labute approximate surface area is 289 Å². The first-order chi connectivity index (χ1) is 24.6. The van der Waals surface area contributed by atoms with E-state index in [4.69, 9.17) is 9.97 Å². The second-order valence-electron chi connectivity index (χ2n) is 13.2. The summed E-state index contributed by atoms with van der Waals surface area (Å²) in [5.41, 5.74) is 9.67. The lowest BCUT2D eigenvalue weighted by atomic mass is 9.89. The Kier molecular flexibility index (Phi) is 7.42. The smallest absolute Gasteiger partial charge is 0.337 e. The van der Waals surface area contributed by atoms with Crippen LogP contribution in [-0.2, 0) is 0 Å². The Morgan fingerprint density at radius 1 is 0.640 bits per heavy atom. The zero-order chi connectivity index (χ0) is 33.6. The van der Waals surface area contributed by atoms with Crippen LogP contribution in [0.5, 0.6) is 0 Å². The molecule has 6 heteroatoms. The summed E-state index contributed by atoms with van der Waals surface area (Å²) in [6, 6.07) is 42.9. The summed E-state index contributed by atoms with van der Waals surface area (Å²) < 4.78 is 2.41. The number of rotatable bonds is 6. The third kappa shape index (κ3) is 5.21. The number of hydrogen-bond acceptors (Lipinski definition) is 4. The number of carbonyl (C=O) groups is 1. The van der Waals surface area contributed by atoms with E-state index in [1.807, 2.05) is 78.9 Å². The number of benzene rings is 5. The Bertz CT molecular complexity index is 2550. The highest BCUT2D eigenvalue weighted by Crippen LogP contribution is 2.44. The maximum absolute atomic E-state index is 13.4. The summed E-state index contributed by atoms with van der Waals surface area (Å²) in [5, 5.41) is 12.9. The molecule has 5 aromatic carbocycles. The van der Waals surface area contributed by atoms with Crippen LogP contribution in [0.2, 0.25) is 0 Å². The van der Waals surface area contributed by atoms with Gasteiger partial charge < -0.3 is 9.67 Å². The van der Waals surface area contributed by atoms with E-state index in [0.29, 0.717) is 16.6 Å². The zero-order valence-corrected chi connectivity index (χ0v) is 27.5. The third-order valence-corrected chi connectivity index (χ3v) is 10.1. The van der Waals surface area contributed by atoms with E-state index in [2.05, 4.69) is 58.1 Å². The van der Waals surface area contributed by atoms with Crippen LogP contribution in [0, 0.1) is 0 Å². The number of imidazole rings is 1. The van der Waals surface area contributed by atoms with Crippen LogP contribution in [0.1, 0.15) is 48.5 Å². The number of hydrogen-bond donors (Lipinski definition) is 1. The van der Waals surface area contributed by atoms with Gasteiger partial charge in [0, 0.05) is 39.7 Å². The highest BCUT2D eigenvalue weighted by atomic mass is 16.4. The van der Waals surface area contributed by atoms with E-state index in [-0.39, 0.29) is 11.6 Å². The highest BCUT2D eigenvalue weighted by Gasteiger charge is 2.29. The van der Waals surface area contributed by atoms with E-state index < -0.39 is 5.97 Å². The minimum absolute atomic E-state index is 0.242. The van der Waals surface area contributed by atoms with Gasteiger partial charge in [-0.1, -0.05) is 98.1 Å². The highest BCUT2D eigenvalue weighted by molar-refractivity contribution is 6.12. The monoisotopic (exact) mass is 650 g/mol. The number of carboxylic acids is 1. The molecule has 0 radical (unpaired) electrons. The van der Waals surface area contributed by atoms with E-state index in [9.17, 15) is 9.90 Å². The van der Waals surface area contributed by atoms with Crippen molar-refractivity contribution in [1.82, 2.24) is 19.5 Å². The van der Waals surface area contributed by atoms with Gasteiger partial charge in [0.05, 0.1) is 33.3 Å². The van der Waals surface area contributed by atoms with Crippen molar-refractivity contribution in [3.63, 3.8) is 0 Å². The van der Waals surface area contributed by atoms with Gasteiger partial charge in [-0.3, -0.25) is 4.98 Å². The van der Waals surface area contributed by atoms with Crippen LogP contribution >= 0.6 is 0 Å². The lowest BCUT2D eigenvalue weighted by Crippen LogP contribution is -2.14. The lowest BCUT2D eigenvalue weighted by Gasteiger charge is -2.26. The Balaban J connectivity index is 1.33. The van der Waals surface area contributed by atoms with Crippen molar-refractivity contribution in [1.29, 1.82) is 0 Å². The molecule has 0 amide bonds. The average molecular weight is 651 g/mol. The standard InChI is InChI=1S/C44H34N4O2/c49-44(50)41-35(28-11-4-1-5-12-28)27-39-42(40(41)32-19-21-36-30(25-32)15-10-24-45-36)47-43(48(39)34-16-8-3-9-17-34)33-20-23-38-31(26-33)18-22-37(46-38)29-13-6-2-7-14-29/h1-2,4-7,10-15,18-27,34H,3,8-9,16-17H2,(H,49,50). The first-order valence-electron chi connectivity index (χ1n) is 17.3. The average Bonchev–Trinajstić information content (AvgIpc) is 3.57. The lowest BCUT2D eigenvalue weighted by molar-refractivity contribution is 0.0698. The fourth-order valence-corrected chi connectivity index (χ4v) is 7.76. The van der Waals surface area contributed by atoms with Gasteiger partial charge in [0.15, 0.2) is 0 Å². The summed E-state index contributed by atoms with van der Waals surface area (Å²) in [5.74, 6) is -0.127. The Morgan fingerprint density at radius 3 is 2.12 bits per heavy atom. The van der Waals surface area contributed by atoms with Crippen molar-refractivity contribution in [3.8, 4) is 44.9 Å². The van der Waals surface area contributed by atoms with Gasteiger partial charge in [-0.15, -0.1) is 0 Å². The molecule has 0 spiro atoms. The van der Waals surface area contributed by atoms with Crippen LogP contribution in [0.4, 0.5) is 0 Å². The molecular formula is C44H34N4O2. The van der Waals surface area contributed by atoms with E-state index in [1.54, 1.807) is 6.20 Å². The minimum Gasteiger partial charge on any atom is -0.478 e. The molecule has 1 saturated carbocycles. The first kappa shape index (κ1) is 30.0. The summed E-state index contributed by atoms with van der Waals surface area (Å²) in [6.07, 6.45) is 7.39. The van der Waals surface area contributed by atoms with Crippen LogP contribution in [0.3, 0.4) is 0 Å². The second-order valence-corrected chi connectivity index (χ2v) is 13.2. The van der Waals surface area contributed by atoms with Crippen molar-refractivity contribution in [2.45, 2.75) is 38.1 Å². The number of fused-ring (bicyclic) bond motifs is 3. The van der Waals surface area contributed by atoms with E-state index >= 15 is 0 Å². The predicted octanol–water partition coefficient (Wildman–Crippen LogP) is 11.0. The van der Waals surface area contributed by atoms with Gasteiger partial charge in [0.1, 0.15) is 5.82 Å². The first-order valence-corrected chi connectivity index (χ1v) is 17.3. The second kappa shape index (κ2) is 12.4. The maximum Gasteiger partial charge on any atom is 0.337 e. The quantitative estimate of drug-likeness (QED) is 0.194.